The molecule has 9 heteroatoms. The van der Waals surface area contributed by atoms with Gasteiger partial charge in [0, 0.05) is 26.6 Å². The zero-order valence-corrected chi connectivity index (χ0v) is 13.1. The van der Waals surface area contributed by atoms with Crippen molar-refractivity contribution in [1.82, 2.24) is 14.5 Å². The molecule has 0 unspecified atom stereocenters. The summed E-state index contributed by atoms with van der Waals surface area (Å²) in [4.78, 5) is 14.7. The van der Waals surface area contributed by atoms with Crippen LogP contribution in [0.3, 0.4) is 0 Å². The van der Waals surface area contributed by atoms with Crippen LogP contribution in [0.5, 0.6) is 0 Å². The second kappa shape index (κ2) is 9.24. The molecule has 0 saturated heterocycles. The Balaban J connectivity index is 2.80. The minimum Gasteiger partial charge on any atom is -0.409 e. The smallest absolute Gasteiger partial charge is 0.267 e. The molecule has 8 nitrogen and oxygen atoms in total. The van der Waals surface area contributed by atoms with E-state index in [0.717, 1.165) is 30.1 Å². The minimum absolute atomic E-state index is 0.0847. The highest BCUT2D eigenvalue weighted by Gasteiger charge is 2.22. The number of hydrogen-bond donors (Lipinski definition) is 2. The lowest BCUT2D eigenvalue weighted by atomic mass is 10.2. The zero-order chi connectivity index (χ0) is 15.7. The van der Waals surface area contributed by atoms with Crippen molar-refractivity contribution in [3.8, 4) is 0 Å². The van der Waals surface area contributed by atoms with Crippen molar-refractivity contribution >= 4 is 23.3 Å². The summed E-state index contributed by atoms with van der Waals surface area (Å²) < 4.78 is 8.88. The fourth-order valence-corrected chi connectivity index (χ4v) is 2.41. The van der Waals surface area contributed by atoms with Gasteiger partial charge in [-0.2, -0.15) is 0 Å². The molecule has 0 atom stereocenters. The molecule has 1 rings (SSSR count). The third kappa shape index (κ3) is 5.27. The molecule has 0 bridgehead atoms. The Hall–Kier alpha value is -1.74. The first-order valence-corrected chi connectivity index (χ1v) is 7.47. The quantitative estimate of drug-likeness (QED) is 0.300. The SMILES string of the molecule is CCCc1nnsc1C(=O)N(CCOC)CCC(N)=NO. The van der Waals surface area contributed by atoms with Crippen molar-refractivity contribution < 1.29 is 14.7 Å². The van der Waals surface area contributed by atoms with E-state index in [-0.39, 0.29) is 11.7 Å². The van der Waals surface area contributed by atoms with Gasteiger partial charge < -0.3 is 20.6 Å². The summed E-state index contributed by atoms with van der Waals surface area (Å²) in [7, 11) is 1.57. The van der Waals surface area contributed by atoms with Crippen molar-refractivity contribution in [2.45, 2.75) is 26.2 Å². The first kappa shape index (κ1) is 17.3. The Morgan fingerprint density at radius 3 is 2.90 bits per heavy atom. The fourth-order valence-electron chi connectivity index (χ4n) is 1.73. The molecular weight excluding hydrogens is 294 g/mol. The van der Waals surface area contributed by atoms with Crippen LogP contribution in [0.4, 0.5) is 0 Å². The van der Waals surface area contributed by atoms with Crippen LogP contribution in [0.1, 0.15) is 35.1 Å². The van der Waals surface area contributed by atoms with E-state index < -0.39 is 0 Å². The average Bonchev–Trinajstić information content (AvgIpc) is 2.95. The molecule has 0 aromatic carbocycles. The van der Waals surface area contributed by atoms with Crippen LogP contribution >= 0.6 is 11.5 Å². The van der Waals surface area contributed by atoms with E-state index in [1.807, 2.05) is 6.92 Å². The summed E-state index contributed by atoms with van der Waals surface area (Å²) in [6.07, 6.45) is 1.91. The second-order valence-corrected chi connectivity index (χ2v) is 5.18. The predicted molar refractivity (Wildman–Crippen MR) is 79.7 cm³/mol. The van der Waals surface area contributed by atoms with Crippen LogP contribution < -0.4 is 5.73 Å². The average molecular weight is 315 g/mol. The molecule has 1 aromatic heterocycles. The lowest BCUT2D eigenvalue weighted by Gasteiger charge is -2.21. The highest BCUT2D eigenvalue weighted by Crippen LogP contribution is 2.15. The number of oxime groups is 1. The third-order valence-corrected chi connectivity index (χ3v) is 3.61. The fraction of sp³-hybridized carbons (Fsp3) is 0.667. The van der Waals surface area contributed by atoms with Crippen LogP contribution in [0.15, 0.2) is 5.16 Å². The molecule has 1 heterocycles. The van der Waals surface area contributed by atoms with E-state index in [2.05, 4.69) is 14.7 Å². The Bertz CT molecular complexity index is 477. The summed E-state index contributed by atoms with van der Waals surface area (Å²) in [6.45, 7) is 3.21. The number of nitrogens with two attached hydrogens (primary N) is 1. The highest BCUT2D eigenvalue weighted by atomic mass is 32.1. The number of amidine groups is 1. The normalized spacial score (nSPS) is 11.6. The van der Waals surface area contributed by atoms with Crippen LogP contribution in [-0.4, -0.2) is 58.2 Å². The van der Waals surface area contributed by atoms with Crippen molar-refractivity contribution in [1.29, 1.82) is 0 Å². The third-order valence-electron chi connectivity index (χ3n) is 2.86. The van der Waals surface area contributed by atoms with Gasteiger partial charge in [-0.15, -0.1) is 5.10 Å². The number of carbonyl (C=O) groups is 1. The lowest BCUT2D eigenvalue weighted by Crippen LogP contribution is -2.36. The summed E-state index contributed by atoms with van der Waals surface area (Å²) in [5.74, 6) is -0.0577. The van der Waals surface area contributed by atoms with Gasteiger partial charge in [-0.25, -0.2) is 0 Å². The van der Waals surface area contributed by atoms with Gasteiger partial charge in [-0.05, 0) is 18.0 Å². The van der Waals surface area contributed by atoms with E-state index in [1.54, 1.807) is 12.0 Å². The summed E-state index contributed by atoms with van der Waals surface area (Å²) in [5, 5.41) is 15.5. The Kier molecular flexibility index (Phi) is 7.62. The molecule has 0 radical (unpaired) electrons. The molecule has 21 heavy (non-hydrogen) atoms. The van der Waals surface area contributed by atoms with Gasteiger partial charge in [0.25, 0.3) is 5.91 Å². The lowest BCUT2D eigenvalue weighted by molar-refractivity contribution is 0.0704. The van der Waals surface area contributed by atoms with Gasteiger partial charge in [-0.3, -0.25) is 4.79 Å². The monoisotopic (exact) mass is 315 g/mol. The molecule has 0 aliphatic rings. The number of ether oxygens (including phenoxy) is 1. The standard InChI is InChI=1S/C12H21N5O3S/c1-3-4-9-11(21-16-14-9)12(18)17(7-8-20-2)6-5-10(13)15-19/h19H,3-8H2,1-2H3,(H2,13,15). The van der Waals surface area contributed by atoms with Crippen LogP contribution in [0.2, 0.25) is 0 Å². The first-order chi connectivity index (χ1) is 10.1. The molecule has 3 N–H and O–H groups in total. The minimum atomic E-state index is -0.142. The van der Waals surface area contributed by atoms with Crippen molar-refractivity contribution in [2.24, 2.45) is 10.9 Å². The topological polar surface area (TPSA) is 114 Å². The Morgan fingerprint density at radius 2 is 2.29 bits per heavy atom. The Morgan fingerprint density at radius 1 is 1.52 bits per heavy atom. The van der Waals surface area contributed by atoms with E-state index in [9.17, 15) is 4.79 Å². The zero-order valence-electron chi connectivity index (χ0n) is 12.3. The first-order valence-electron chi connectivity index (χ1n) is 6.69. The maximum Gasteiger partial charge on any atom is 0.267 e. The number of amides is 1. The van der Waals surface area contributed by atoms with E-state index in [1.165, 1.54) is 0 Å². The summed E-state index contributed by atoms with van der Waals surface area (Å²) >= 11 is 1.10. The van der Waals surface area contributed by atoms with Gasteiger partial charge in [-0.1, -0.05) is 23.0 Å². The van der Waals surface area contributed by atoms with Crippen molar-refractivity contribution in [3.63, 3.8) is 0 Å². The summed E-state index contributed by atoms with van der Waals surface area (Å²) in [5.41, 5.74) is 6.18. The van der Waals surface area contributed by atoms with Crippen molar-refractivity contribution in [3.05, 3.63) is 10.6 Å². The number of rotatable bonds is 9. The number of carbonyl (C=O) groups excluding carboxylic acids is 1. The molecule has 0 spiro atoms. The second-order valence-electron chi connectivity index (χ2n) is 4.43. The predicted octanol–water partition coefficient (Wildman–Crippen LogP) is 0.716. The van der Waals surface area contributed by atoms with Gasteiger partial charge in [0.15, 0.2) is 0 Å². The molecule has 0 aliphatic heterocycles. The maximum absolute atomic E-state index is 12.6. The number of aryl methyl sites for hydroxylation is 1. The van der Waals surface area contributed by atoms with Crippen LogP contribution in [0, 0.1) is 0 Å². The Labute approximate surface area is 127 Å². The molecule has 0 aliphatic carbocycles. The number of nitrogens with zero attached hydrogens (tertiary/aromatic N) is 4. The van der Waals surface area contributed by atoms with Gasteiger partial charge in [0.05, 0.1) is 12.3 Å². The number of hydrogen-bond acceptors (Lipinski definition) is 7. The summed E-state index contributed by atoms with van der Waals surface area (Å²) in [6, 6.07) is 0. The number of methoxy groups -OCH3 is 1. The molecule has 1 aromatic rings. The molecule has 118 valence electrons. The van der Waals surface area contributed by atoms with Crippen LogP contribution in [0.25, 0.3) is 0 Å². The van der Waals surface area contributed by atoms with Gasteiger partial charge in [0.1, 0.15) is 10.7 Å². The molecule has 0 saturated carbocycles. The van der Waals surface area contributed by atoms with E-state index in [0.29, 0.717) is 31.0 Å². The van der Waals surface area contributed by atoms with E-state index >= 15 is 0 Å². The maximum atomic E-state index is 12.6. The highest BCUT2D eigenvalue weighted by molar-refractivity contribution is 7.08. The van der Waals surface area contributed by atoms with Crippen molar-refractivity contribution in [2.75, 3.05) is 26.8 Å². The molecule has 0 fully saturated rings. The molecular formula is C12H21N5O3S. The van der Waals surface area contributed by atoms with E-state index in [4.69, 9.17) is 15.7 Å². The van der Waals surface area contributed by atoms with Crippen LogP contribution in [-0.2, 0) is 11.2 Å². The number of aromatic nitrogens is 2. The van der Waals surface area contributed by atoms with Gasteiger partial charge in [0.2, 0.25) is 0 Å². The molecule has 1 amide bonds. The van der Waals surface area contributed by atoms with Gasteiger partial charge >= 0.3 is 0 Å². The largest absolute Gasteiger partial charge is 0.409 e.